The Bertz CT molecular complexity index is 348. The number of ether oxygens (including phenoxy) is 1. The summed E-state index contributed by atoms with van der Waals surface area (Å²) in [7, 11) is 1.70. The Morgan fingerprint density at radius 3 is 2.62 bits per heavy atom. The highest BCUT2D eigenvalue weighted by Crippen LogP contribution is 2.36. The van der Waals surface area contributed by atoms with Crippen molar-refractivity contribution in [2.24, 2.45) is 0 Å². The van der Waals surface area contributed by atoms with Crippen molar-refractivity contribution >= 4 is 27.7 Å². The molecule has 3 heteroatoms. The van der Waals surface area contributed by atoms with Gasteiger partial charge in [0.1, 0.15) is 5.75 Å². The Kier molecular flexibility index (Phi) is 4.59. The monoisotopic (exact) mass is 300 g/mol. The molecule has 0 amide bonds. The number of benzene rings is 1. The zero-order chi connectivity index (χ0) is 11.4. The third-order valence-electron chi connectivity index (χ3n) is 2.98. The Balaban J connectivity index is 2.01. The SMILES string of the molecule is COc1ccc(SC2CCCCC2)cc1Br. The molecule has 1 aliphatic rings. The van der Waals surface area contributed by atoms with Crippen LogP contribution in [0.1, 0.15) is 32.1 Å². The normalized spacial score (nSPS) is 17.4. The minimum atomic E-state index is 0.814. The van der Waals surface area contributed by atoms with Crippen LogP contribution >= 0.6 is 27.7 Å². The van der Waals surface area contributed by atoms with Gasteiger partial charge in [-0.15, -0.1) is 11.8 Å². The molecule has 0 atom stereocenters. The van der Waals surface area contributed by atoms with Crippen molar-refractivity contribution < 1.29 is 4.74 Å². The second kappa shape index (κ2) is 5.97. The molecule has 0 radical (unpaired) electrons. The summed E-state index contributed by atoms with van der Waals surface area (Å²) in [5, 5.41) is 0.814. The molecule has 1 aromatic carbocycles. The van der Waals surface area contributed by atoms with Crippen molar-refractivity contribution in [2.75, 3.05) is 7.11 Å². The van der Waals surface area contributed by atoms with Crippen LogP contribution in [-0.2, 0) is 0 Å². The van der Waals surface area contributed by atoms with E-state index >= 15 is 0 Å². The lowest BCUT2D eigenvalue weighted by atomic mass is 10.0. The average molecular weight is 301 g/mol. The maximum absolute atomic E-state index is 5.23. The summed E-state index contributed by atoms with van der Waals surface area (Å²) in [5.74, 6) is 0.910. The van der Waals surface area contributed by atoms with Gasteiger partial charge in [0.15, 0.2) is 0 Å². The van der Waals surface area contributed by atoms with Crippen molar-refractivity contribution in [3.05, 3.63) is 22.7 Å². The molecule has 0 aromatic heterocycles. The highest BCUT2D eigenvalue weighted by atomic mass is 79.9. The van der Waals surface area contributed by atoms with E-state index in [0.717, 1.165) is 15.5 Å². The van der Waals surface area contributed by atoms with Crippen LogP contribution in [0.25, 0.3) is 0 Å². The second-order valence-electron chi connectivity index (χ2n) is 4.17. The molecule has 1 saturated carbocycles. The molecular formula is C13H17BrOS. The lowest BCUT2D eigenvalue weighted by Crippen LogP contribution is -2.07. The lowest BCUT2D eigenvalue weighted by molar-refractivity contribution is 0.412. The van der Waals surface area contributed by atoms with Gasteiger partial charge in [-0.1, -0.05) is 19.3 Å². The van der Waals surface area contributed by atoms with E-state index in [-0.39, 0.29) is 0 Å². The standard InChI is InChI=1S/C13H17BrOS/c1-15-13-8-7-11(9-12(13)14)16-10-5-3-2-4-6-10/h7-10H,2-6H2,1H3. The summed E-state index contributed by atoms with van der Waals surface area (Å²) >= 11 is 5.55. The number of thioether (sulfide) groups is 1. The topological polar surface area (TPSA) is 9.23 Å². The smallest absolute Gasteiger partial charge is 0.133 e. The molecule has 1 aromatic rings. The van der Waals surface area contributed by atoms with E-state index in [1.807, 2.05) is 17.8 Å². The van der Waals surface area contributed by atoms with E-state index in [1.54, 1.807) is 7.11 Å². The molecule has 1 fully saturated rings. The molecule has 0 unspecified atom stereocenters. The van der Waals surface area contributed by atoms with Crippen LogP contribution in [0.5, 0.6) is 5.75 Å². The Labute approximate surface area is 110 Å². The van der Waals surface area contributed by atoms with Crippen LogP contribution in [0.4, 0.5) is 0 Å². The number of hydrogen-bond acceptors (Lipinski definition) is 2. The third kappa shape index (κ3) is 3.17. The van der Waals surface area contributed by atoms with Crippen LogP contribution in [0.3, 0.4) is 0 Å². The van der Waals surface area contributed by atoms with Gasteiger partial charge in [0.25, 0.3) is 0 Å². The molecular weight excluding hydrogens is 284 g/mol. The van der Waals surface area contributed by atoms with Crippen LogP contribution in [0.15, 0.2) is 27.6 Å². The second-order valence-corrected chi connectivity index (χ2v) is 6.40. The summed E-state index contributed by atoms with van der Waals surface area (Å²) in [6.45, 7) is 0. The fraction of sp³-hybridized carbons (Fsp3) is 0.538. The predicted octanol–water partition coefficient (Wildman–Crippen LogP) is 4.88. The minimum absolute atomic E-state index is 0.814. The third-order valence-corrected chi connectivity index (χ3v) is 4.93. The Morgan fingerprint density at radius 1 is 1.25 bits per heavy atom. The first kappa shape index (κ1) is 12.3. The van der Waals surface area contributed by atoms with E-state index in [0.29, 0.717) is 0 Å². The van der Waals surface area contributed by atoms with E-state index in [2.05, 4.69) is 28.1 Å². The highest BCUT2D eigenvalue weighted by Gasteiger charge is 2.15. The van der Waals surface area contributed by atoms with E-state index in [1.165, 1.54) is 37.0 Å². The van der Waals surface area contributed by atoms with Gasteiger partial charge in [-0.3, -0.25) is 0 Å². The number of halogens is 1. The van der Waals surface area contributed by atoms with Gasteiger partial charge in [-0.25, -0.2) is 0 Å². The maximum atomic E-state index is 5.23. The molecule has 0 saturated heterocycles. The fourth-order valence-electron chi connectivity index (χ4n) is 2.10. The van der Waals surface area contributed by atoms with Crippen LogP contribution in [0.2, 0.25) is 0 Å². The first-order chi connectivity index (χ1) is 7.79. The van der Waals surface area contributed by atoms with Crippen molar-refractivity contribution in [2.45, 2.75) is 42.2 Å². The molecule has 0 N–H and O–H groups in total. The highest BCUT2D eigenvalue weighted by molar-refractivity contribution is 9.10. The van der Waals surface area contributed by atoms with Crippen molar-refractivity contribution in [1.82, 2.24) is 0 Å². The van der Waals surface area contributed by atoms with Gasteiger partial charge < -0.3 is 4.74 Å². The molecule has 16 heavy (non-hydrogen) atoms. The number of hydrogen-bond donors (Lipinski definition) is 0. The predicted molar refractivity (Wildman–Crippen MR) is 73.4 cm³/mol. The van der Waals surface area contributed by atoms with Gasteiger partial charge in [-0.2, -0.15) is 0 Å². The van der Waals surface area contributed by atoms with Gasteiger partial charge in [0, 0.05) is 10.1 Å². The molecule has 88 valence electrons. The Hall–Kier alpha value is -0.150. The molecule has 0 bridgehead atoms. The maximum Gasteiger partial charge on any atom is 0.133 e. The number of rotatable bonds is 3. The zero-order valence-electron chi connectivity index (χ0n) is 9.54. The van der Waals surface area contributed by atoms with Crippen molar-refractivity contribution in [1.29, 1.82) is 0 Å². The van der Waals surface area contributed by atoms with E-state index in [4.69, 9.17) is 4.74 Å². The first-order valence-corrected chi connectivity index (χ1v) is 7.47. The summed E-state index contributed by atoms with van der Waals surface area (Å²) in [6.07, 6.45) is 6.95. The lowest BCUT2D eigenvalue weighted by Gasteiger charge is -2.21. The van der Waals surface area contributed by atoms with Gasteiger partial charge >= 0.3 is 0 Å². The van der Waals surface area contributed by atoms with Crippen molar-refractivity contribution in [3.63, 3.8) is 0 Å². The molecule has 0 aliphatic heterocycles. The van der Waals surface area contributed by atoms with E-state index < -0.39 is 0 Å². The Morgan fingerprint density at radius 2 is 2.00 bits per heavy atom. The summed E-state index contributed by atoms with van der Waals surface area (Å²) in [4.78, 5) is 1.35. The molecule has 1 nitrogen and oxygen atoms in total. The summed E-state index contributed by atoms with van der Waals surface area (Å²) in [5.41, 5.74) is 0. The quantitative estimate of drug-likeness (QED) is 0.786. The van der Waals surface area contributed by atoms with Gasteiger partial charge in [-0.05, 0) is 47.0 Å². The zero-order valence-corrected chi connectivity index (χ0v) is 11.9. The average Bonchev–Trinajstić information content (AvgIpc) is 2.31. The van der Waals surface area contributed by atoms with Gasteiger partial charge in [0.2, 0.25) is 0 Å². The largest absolute Gasteiger partial charge is 0.496 e. The van der Waals surface area contributed by atoms with Crippen LogP contribution in [0, 0.1) is 0 Å². The fourth-order valence-corrected chi connectivity index (χ4v) is 4.07. The summed E-state index contributed by atoms with van der Waals surface area (Å²) < 4.78 is 6.29. The molecule has 1 aliphatic carbocycles. The summed E-state index contributed by atoms with van der Waals surface area (Å²) in [6, 6.07) is 6.36. The van der Waals surface area contributed by atoms with Crippen LogP contribution < -0.4 is 4.74 Å². The van der Waals surface area contributed by atoms with Crippen molar-refractivity contribution in [3.8, 4) is 5.75 Å². The molecule has 2 rings (SSSR count). The van der Waals surface area contributed by atoms with E-state index in [9.17, 15) is 0 Å². The molecule has 0 heterocycles. The first-order valence-electron chi connectivity index (χ1n) is 5.80. The minimum Gasteiger partial charge on any atom is -0.496 e. The number of methoxy groups -OCH3 is 1. The van der Waals surface area contributed by atoms with Gasteiger partial charge in [0.05, 0.1) is 11.6 Å². The van der Waals surface area contributed by atoms with Crippen LogP contribution in [-0.4, -0.2) is 12.4 Å². The molecule has 0 spiro atoms.